The second kappa shape index (κ2) is 9.06. The van der Waals surface area contributed by atoms with E-state index in [-0.39, 0.29) is 5.82 Å². The van der Waals surface area contributed by atoms with E-state index >= 15 is 0 Å². The van der Waals surface area contributed by atoms with E-state index in [2.05, 4.69) is 30.7 Å². The molecule has 0 unspecified atom stereocenters. The number of nitrogens with zero attached hydrogens (tertiary/aromatic N) is 6. The van der Waals surface area contributed by atoms with Crippen LogP contribution in [0.5, 0.6) is 0 Å². The summed E-state index contributed by atoms with van der Waals surface area (Å²) in [5.41, 5.74) is 8.94. The minimum Gasteiger partial charge on any atom is -0.387 e. The van der Waals surface area contributed by atoms with E-state index < -0.39 is 30.4 Å². The predicted octanol–water partition coefficient (Wildman–Crippen LogP) is 1.26. The molecule has 1 amide bonds. The largest absolute Gasteiger partial charge is 0.387 e. The van der Waals surface area contributed by atoms with Gasteiger partial charge in [0, 0.05) is 43.1 Å². The van der Waals surface area contributed by atoms with Crippen LogP contribution in [0.3, 0.4) is 0 Å². The Bertz CT molecular complexity index is 1680. The lowest BCUT2D eigenvalue weighted by molar-refractivity contribution is -0.132. The zero-order valence-corrected chi connectivity index (χ0v) is 20.5. The van der Waals surface area contributed by atoms with Gasteiger partial charge in [-0.25, -0.2) is 15.0 Å². The average Bonchev–Trinajstić information content (AvgIpc) is 3.60. The molecule has 4 aromatic heterocycles. The molecule has 0 aliphatic carbocycles. The molecule has 38 heavy (non-hydrogen) atoms. The first-order valence-corrected chi connectivity index (χ1v) is 11.9. The highest BCUT2D eigenvalue weighted by Gasteiger charge is 2.48. The van der Waals surface area contributed by atoms with Gasteiger partial charge in [-0.1, -0.05) is 6.07 Å². The fourth-order valence-corrected chi connectivity index (χ4v) is 4.71. The molecule has 1 aliphatic heterocycles. The first-order chi connectivity index (χ1) is 18.3. The van der Waals surface area contributed by atoms with Gasteiger partial charge in [-0.3, -0.25) is 9.48 Å². The van der Waals surface area contributed by atoms with Crippen LogP contribution in [-0.4, -0.2) is 70.8 Å². The topological polar surface area (TPSA) is 178 Å². The Morgan fingerprint density at radius 2 is 1.95 bits per heavy atom. The number of fused-ring (bicyclic) bond motifs is 2. The summed E-state index contributed by atoms with van der Waals surface area (Å²) < 4.78 is 9.11. The van der Waals surface area contributed by atoms with Gasteiger partial charge in [-0.2, -0.15) is 5.10 Å². The zero-order chi connectivity index (χ0) is 26.6. The second-order valence-electron chi connectivity index (χ2n) is 9.05. The smallest absolute Gasteiger partial charge is 0.256 e. The Balaban J connectivity index is 1.30. The van der Waals surface area contributed by atoms with Crippen LogP contribution < -0.4 is 16.4 Å². The third-order valence-corrected chi connectivity index (χ3v) is 6.61. The van der Waals surface area contributed by atoms with E-state index in [4.69, 9.17) is 10.5 Å². The van der Waals surface area contributed by atoms with Gasteiger partial charge < -0.3 is 35.9 Å². The molecular formula is C25H25N9O4. The van der Waals surface area contributed by atoms with E-state index in [1.807, 2.05) is 18.2 Å². The average molecular weight is 516 g/mol. The standard InChI is InChI=1S/C25H25N9O4/c1-27-17-6-4-12-3-5-13(9-16(12)31-17)30-24(37)21-19(35)20(36)25(38-21)34-10-14(15-7-8-33(2)32-15)18-22(26)28-11-29-23(18)34/h3-11,19-21,25,35-36H,1-2H3,(H,27,31)(H,30,37)(H2,26,28,29)/t19-,20+,21-,25+/m0/s1. The molecule has 13 nitrogen and oxygen atoms in total. The summed E-state index contributed by atoms with van der Waals surface area (Å²) >= 11 is 0. The summed E-state index contributed by atoms with van der Waals surface area (Å²) in [6.07, 6.45) is -0.636. The van der Waals surface area contributed by atoms with Crippen LogP contribution in [0.2, 0.25) is 0 Å². The second-order valence-corrected chi connectivity index (χ2v) is 9.05. The third kappa shape index (κ3) is 3.89. The molecule has 6 rings (SSSR count). The van der Waals surface area contributed by atoms with Gasteiger partial charge in [0.15, 0.2) is 12.3 Å². The highest BCUT2D eigenvalue weighted by atomic mass is 16.6. The number of aliphatic hydroxyl groups is 2. The third-order valence-electron chi connectivity index (χ3n) is 6.61. The molecule has 1 aliphatic rings. The van der Waals surface area contributed by atoms with E-state index in [1.165, 1.54) is 10.9 Å². The molecule has 0 saturated carbocycles. The monoisotopic (exact) mass is 515 g/mol. The minimum atomic E-state index is -1.50. The van der Waals surface area contributed by atoms with E-state index in [0.29, 0.717) is 39.3 Å². The maximum Gasteiger partial charge on any atom is 0.256 e. The number of nitrogens with two attached hydrogens (primary N) is 1. The summed E-state index contributed by atoms with van der Waals surface area (Å²) in [5, 5.41) is 33.3. The number of aryl methyl sites for hydroxylation is 1. The number of carbonyl (C=O) groups is 1. The van der Waals surface area contributed by atoms with Crippen molar-refractivity contribution in [1.29, 1.82) is 0 Å². The van der Waals surface area contributed by atoms with Crippen molar-refractivity contribution >= 4 is 45.2 Å². The Hall–Kier alpha value is -4.59. The van der Waals surface area contributed by atoms with Crippen molar-refractivity contribution < 1.29 is 19.7 Å². The van der Waals surface area contributed by atoms with E-state index in [0.717, 1.165) is 5.39 Å². The van der Waals surface area contributed by atoms with Crippen LogP contribution in [0.4, 0.5) is 17.3 Å². The first-order valence-electron chi connectivity index (χ1n) is 11.9. The normalized spacial score (nSPS) is 21.3. The van der Waals surface area contributed by atoms with Crippen molar-refractivity contribution in [3.05, 3.63) is 55.1 Å². The number of rotatable bonds is 5. The number of amides is 1. The van der Waals surface area contributed by atoms with Crippen molar-refractivity contribution in [2.75, 3.05) is 23.4 Å². The van der Waals surface area contributed by atoms with Gasteiger partial charge in [-0.15, -0.1) is 0 Å². The summed E-state index contributed by atoms with van der Waals surface area (Å²) in [7, 11) is 3.56. The molecule has 194 valence electrons. The van der Waals surface area contributed by atoms with Crippen molar-refractivity contribution in [1.82, 2.24) is 29.3 Å². The van der Waals surface area contributed by atoms with Crippen molar-refractivity contribution in [3.63, 3.8) is 0 Å². The molecular weight excluding hydrogens is 490 g/mol. The van der Waals surface area contributed by atoms with Crippen LogP contribution >= 0.6 is 0 Å². The number of benzene rings is 1. The number of nitrogens with one attached hydrogen (secondary N) is 2. The number of ether oxygens (including phenoxy) is 1. The van der Waals surface area contributed by atoms with Gasteiger partial charge >= 0.3 is 0 Å². The maximum atomic E-state index is 13.1. The van der Waals surface area contributed by atoms with Crippen LogP contribution in [0.25, 0.3) is 33.2 Å². The zero-order valence-electron chi connectivity index (χ0n) is 20.5. The molecule has 1 aromatic carbocycles. The van der Waals surface area contributed by atoms with Gasteiger partial charge in [0.05, 0.1) is 16.6 Å². The van der Waals surface area contributed by atoms with Gasteiger partial charge in [0.25, 0.3) is 5.91 Å². The SMILES string of the molecule is CNc1ccc2ccc(NC(=O)[C@H]3O[C@@H](n4cc(-c5ccn(C)n5)c5c(N)ncnc54)[C@H](O)[C@@H]3O)cc2n1. The number of anilines is 3. The van der Waals surface area contributed by atoms with Crippen molar-refractivity contribution in [3.8, 4) is 11.3 Å². The number of hydrogen-bond acceptors (Lipinski definition) is 10. The Morgan fingerprint density at radius 3 is 2.71 bits per heavy atom. The lowest BCUT2D eigenvalue weighted by atomic mass is 10.1. The molecule has 0 spiro atoms. The molecule has 0 bridgehead atoms. The summed E-state index contributed by atoms with van der Waals surface area (Å²) in [6, 6.07) is 10.9. The number of aliphatic hydroxyl groups excluding tert-OH is 2. The summed E-state index contributed by atoms with van der Waals surface area (Å²) in [4.78, 5) is 26.1. The van der Waals surface area contributed by atoms with E-state index in [1.54, 1.807) is 49.4 Å². The fraction of sp³-hybridized carbons (Fsp3) is 0.240. The molecule has 13 heteroatoms. The highest BCUT2D eigenvalue weighted by molar-refractivity contribution is 6.00. The van der Waals surface area contributed by atoms with Crippen LogP contribution in [0.1, 0.15) is 6.23 Å². The van der Waals surface area contributed by atoms with Crippen molar-refractivity contribution in [2.24, 2.45) is 7.05 Å². The van der Waals surface area contributed by atoms with Crippen LogP contribution in [-0.2, 0) is 16.6 Å². The highest BCUT2D eigenvalue weighted by Crippen LogP contribution is 2.38. The van der Waals surface area contributed by atoms with Crippen LogP contribution in [0.15, 0.2) is 55.1 Å². The van der Waals surface area contributed by atoms with Crippen molar-refractivity contribution in [2.45, 2.75) is 24.5 Å². The lowest BCUT2D eigenvalue weighted by Crippen LogP contribution is -2.39. The Kier molecular flexibility index (Phi) is 5.67. The molecule has 0 radical (unpaired) electrons. The quantitative estimate of drug-likeness (QED) is 0.229. The fourth-order valence-electron chi connectivity index (χ4n) is 4.71. The number of pyridine rings is 1. The number of carbonyl (C=O) groups excluding carboxylic acids is 1. The number of hydrogen-bond donors (Lipinski definition) is 5. The molecule has 6 N–H and O–H groups in total. The molecule has 1 saturated heterocycles. The molecule has 1 fully saturated rings. The van der Waals surface area contributed by atoms with Gasteiger partial charge in [-0.05, 0) is 30.3 Å². The molecule has 5 heterocycles. The summed E-state index contributed by atoms with van der Waals surface area (Å²) in [5.74, 6) is 0.303. The molecule has 5 aromatic rings. The van der Waals surface area contributed by atoms with Gasteiger partial charge in [0.1, 0.15) is 35.8 Å². The number of aromatic nitrogens is 6. The predicted molar refractivity (Wildman–Crippen MR) is 140 cm³/mol. The first kappa shape index (κ1) is 23.8. The lowest BCUT2D eigenvalue weighted by Gasteiger charge is -2.17. The van der Waals surface area contributed by atoms with Crippen LogP contribution in [0, 0.1) is 0 Å². The molecule has 4 atom stereocenters. The maximum absolute atomic E-state index is 13.1. The van der Waals surface area contributed by atoms with E-state index in [9.17, 15) is 15.0 Å². The Morgan fingerprint density at radius 1 is 1.13 bits per heavy atom. The number of nitrogen functional groups attached to an aromatic ring is 1. The minimum absolute atomic E-state index is 0.225. The Labute approximate surface area is 215 Å². The van der Waals surface area contributed by atoms with Gasteiger partial charge in [0.2, 0.25) is 0 Å². The summed E-state index contributed by atoms with van der Waals surface area (Å²) in [6.45, 7) is 0.